The molecule has 0 aromatic rings. The van der Waals surface area contributed by atoms with Crippen molar-refractivity contribution in [2.24, 2.45) is 17.3 Å². The summed E-state index contributed by atoms with van der Waals surface area (Å²) in [4.78, 5) is 2.72. The Hall–Kier alpha value is -0.0800. The van der Waals surface area contributed by atoms with Crippen LogP contribution < -0.4 is 5.32 Å². The fourth-order valence-corrected chi connectivity index (χ4v) is 3.12. The van der Waals surface area contributed by atoms with E-state index >= 15 is 0 Å². The molecule has 2 heteroatoms. The Bertz CT molecular complexity index is 239. The van der Waals surface area contributed by atoms with E-state index in [4.69, 9.17) is 0 Å². The summed E-state index contributed by atoms with van der Waals surface area (Å²) in [6.07, 6.45) is 5.47. The molecule has 1 fully saturated rings. The number of rotatable bonds is 8. The number of hydrogen-bond acceptors (Lipinski definition) is 2. The van der Waals surface area contributed by atoms with Crippen molar-refractivity contribution in [3.8, 4) is 0 Å². The molecule has 0 saturated carbocycles. The zero-order valence-electron chi connectivity index (χ0n) is 14.0. The molecule has 114 valence electrons. The van der Waals surface area contributed by atoms with E-state index in [0.717, 1.165) is 24.9 Å². The molecule has 2 unspecified atom stereocenters. The van der Waals surface area contributed by atoms with Gasteiger partial charge < -0.3 is 10.2 Å². The maximum Gasteiger partial charge on any atom is 0.00475 e. The van der Waals surface area contributed by atoms with Crippen LogP contribution in [0.1, 0.15) is 60.3 Å². The third-order valence-corrected chi connectivity index (χ3v) is 4.74. The summed E-state index contributed by atoms with van der Waals surface area (Å²) in [6.45, 7) is 17.9. The third-order valence-electron chi connectivity index (χ3n) is 4.74. The van der Waals surface area contributed by atoms with Gasteiger partial charge in [0.15, 0.2) is 0 Å². The van der Waals surface area contributed by atoms with Crippen LogP contribution in [0.25, 0.3) is 0 Å². The molecule has 2 atom stereocenters. The SMILES string of the molecule is CCC1CCCN(CC(C)(CC)CNCC(C)C)C1. The first-order valence-corrected chi connectivity index (χ1v) is 8.42. The predicted molar refractivity (Wildman–Crippen MR) is 85.6 cm³/mol. The molecule has 0 amide bonds. The van der Waals surface area contributed by atoms with Crippen molar-refractivity contribution < 1.29 is 0 Å². The molecule has 0 aromatic heterocycles. The molecule has 1 heterocycles. The average Bonchev–Trinajstić information content (AvgIpc) is 2.38. The molecule has 1 aliphatic heterocycles. The standard InChI is InChI=1S/C17H36N2/c1-6-16-9-8-10-19(12-16)14-17(5,7-2)13-18-11-15(3)4/h15-16,18H,6-14H2,1-5H3. The van der Waals surface area contributed by atoms with Crippen LogP contribution in [0.4, 0.5) is 0 Å². The van der Waals surface area contributed by atoms with Crippen molar-refractivity contribution >= 4 is 0 Å². The molecule has 19 heavy (non-hydrogen) atoms. The van der Waals surface area contributed by atoms with Crippen LogP contribution in [-0.2, 0) is 0 Å². The maximum atomic E-state index is 3.66. The van der Waals surface area contributed by atoms with Crippen LogP contribution in [0.3, 0.4) is 0 Å². The summed E-state index contributed by atoms with van der Waals surface area (Å²) in [7, 11) is 0. The second-order valence-electron chi connectivity index (χ2n) is 7.34. The van der Waals surface area contributed by atoms with Crippen LogP contribution in [0, 0.1) is 17.3 Å². The van der Waals surface area contributed by atoms with E-state index in [2.05, 4.69) is 44.8 Å². The van der Waals surface area contributed by atoms with Crippen LogP contribution in [-0.4, -0.2) is 37.6 Å². The van der Waals surface area contributed by atoms with E-state index in [1.165, 1.54) is 45.3 Å². The van der Waals surface area contributed by atoms with Gasteiger partial charge in [-0.05, 0) is 49.6 Å². The summed E-state index contributed by atoms with van der Waals surface area (Å²) in [5.41, 5.74) is 0.435. The van der Waals surface area contributed by atoms with E-state index in [-0.39, 0.29) is 0 Å². The first-order chi connectivity index (χ1) is 8.99. The zero-order chi connectivity index (χ0) is 14.3. The topological polar surface area (TPSA) is 15.3 Å². The lowest BCUT2D eigenvalue weighted by Gasteiger charge is -2.39. The number of hydrogen-bond donors (Lipinski definition) is 1. The molecule has 0 spiro atoms. The molecule has 1 saturated heterocycles. The number of likely N-dealkylation sites (tertiary alicyclic amines) is 1. The van der Waals surface area contributed by atoms with Crippen LogP contribution in [0.15, 0.2) is 0 Å². The molecule has 0 radical (unpaired) electrons. The average molecular weight is 268 g/mol. The third kappa shape index (κ3) is 6.27. The minimum Gasteiger partial charge on any atom is -0.316 e. The van der Waals surface area contributed by atoms with Crippen LogP contribution in [0.2, 0.25) is 0 Å². The summed E-state index contributed by atoms with van der Waals surface area (Å²) in [5, 5.41) is 3.66. The van der Waals surface area contributed by atoms with E-state index in [0.29, 0.717) is 5.41 Å². The second-order valence-corrected chi connectivity index (χ2v) is 7.34. The maximum absolute atomic E-state index is 3.66. The minimum atomic E-state index is 0.435. The van der Waals surface area contributed by atoms with Gasteiger partial charge in [-0.25, -0.2) is 0 Å². The van der Waals surface area contributed by atoms with Gasteiger partial charge in [-0.2, -0.15) is 0 Å². The Labute approximate surface area is 121 Å². The summed E-state index contributed by atoms with van der Waals surface area (Å²) < 4.78 is 0. The molecule has 1 aliphatic rings. The highest BCUT2D eigenvalue weighted by atomic mass is 15.1. The van der Waals surface area contributed by atoms with Gasteiger partial charge in [0.05, 0.1) is 0 Å². The van der Waals surface area contributed by atoms with Crippen molar-refractivity contribution in [2.75, 3.05) is 32.7 Å². The summed E-state index contributed by atoms with van der Waals surface area (Å²) in [6, 6.07) is 0. The van der Waals surface area contributed by atoms with Crippen molar-refractivity contribution in [1.29, 1.82) is 0 Å². The van der Waals surface area contributed by atoms with Gasteiger partial charge in [0.25, 0.3) is 0 Å². The number of nitrogens with one attached hydrogen (secondary N) is 1. The number of nitrogens with zero attached hydrogens (tertiary/aromatic N) is 1. The van der Waals surface area contributed by atoms with Gasteiger partial charge >= 0.3 is 0 Å². The van der Waals surface area contributed by atoms with Crippen molar-refractivity contribution in [3.63, 3.8) is 0 Å². The predicted octanol–water partition coefficient (Wildman–Crippen LogP) is 3.77. The molecule has 0 aliphatic carbocycles. The Kier molecular flexibility index (Phi) is 7.38. The molecule has 0 bridgehead atoms. The Morgan fingerprint density at radius 1 is 1.32 bits per heavy atom. The highest BCUT2D eigenvalue weighted by Crippen LogP contribution is 2.26. The molecular weight excluding hydrogens is 232 g/mol. The van der Waals surface area contributed by atoms with E-state index in [9.17, 15) is 0 Å². The highest BCUT2D eigenvalue weighted by molar-refractivity contribution is 4.82. The lowest BCUT2D eigenvalue weighted by Crippen LogP contribution is -2.46. The van der Waals surface area contributed by atoms with E-state index in [1.54, 1.807) is 0 Å². The normalized spacial score (nSPS) is 24.6. The monoisotopic (exact) mass is 268 g/mol. The zero-order valence-corrected chi connectivity index (χ0v) is 14.0. The Morgan fingerprint density at radius 3 is 2.63 bits per heavy atom. The van der Waals surface area contributed by atoms with Crippen molar-refractivity contribution in [3.05, 3.63) is 0 Å². The lowest BCUT2D eigenvalue weighted by molar-refractivity contribution is 0.106. The molecule has 2 nitrogen and oxygen atoms in total. The summed E-state index contributed by atoms with van der Waals surface area (Å²) in [5.74, 6) is 1.69. The van der Waals surface area contributed by atoms with Crippen molar-refractivity contribution in [1.82, 2.24) is 10.2 Å². The van der Waals surface area contributed by atoms with Crippen LogP contribution in [0.5, 0.6) is 0 Å². The lowest BCUT2D eigenvalue weighted by atomic mass is 9.85. The van der Waals surface area contributed by atoms with Crippen LogP contribution >= 0.6 is 0 Å². The quantitative estimate of drug-likeness (QED) is 0.721. The van der Waals surface area contributed by atoms with Gasteiger partial charge in [0, 0.05) is 19.6 Å². The largest absolute Gasteiger partial charge is 0.316 e. The minimum absolute atomic E-state index is 0.435. The molecular formula is C17H36N2. The van der Waals surface area contributed by atoms with E-state index in [1.807, 2.05) is 0 Å². The smallest absolute Gasteiger partial charge is 0.00475 e. The van der Waals surface area contributed by atoms with Gasteiger partial charge in [0.2, 0.25) is 0 Å². The van der Waals surface area contributed by atoms with Crippen molar-refractivity contribution in [2.45, 2.75) is 60.3 Å². The first-order valence-electron chi connectivity index (χ1n) is 8.42. The first kappa shape index (κ1) is 17.0. The van der Waals surface area contributed by atoms with E-state index < -0.39 is 0 Å². The molecule has 0 aromatic carbocycles. The second kappa shape index (κ2) is 8.26. The Balaban J connectivity index is 2.40. The highest BCUT2D eigenvalue weighted by Gasteiger charge is 2.27. The molecule has 1 rings (SSSR count). The van der Waals surface area contributed by atoms with Gasteiger partial charge in [-0.15, -0.1) is 0 Å². The number of piperidine rings is 1. The van der Waals surface area contributed by atoms with Gasteiger partial charge in [-0.1, -0.05) is 41.0 Å². The summed E-state index contributed by atoms with van der Waals surface area (Å²) >= 11 is 0. The Morgan fingerprint density at radius 2 is 2.05 bits per heavy atom. The fraction of sp³-hybridized carbons (Fsp3) is 1.00. The molecule has 1 N–H and O–H groups in total. The fourth-order valence-electron chi connectivity index (χ4n) is 3.12. The van der Waals surface area contributed by atoms with Gasteiger partial charge in [0.1, 0.15) is 0 Å². The van der Waals surface area contributed by atoms with Gasteiger partial charge in [-0.3, -0.25) is 0 Å².